The molecular weight excluding hydrogens is 430 g/mol. The van der Waals surface area contributed by atoms with Crippen molar-refractivity contribution in [1.82, 2.24) is 4.90 Å². The van der Waals surface area contributed by atoms with Crippen molar-refractivity contribution in [2.75, 3.05) is 13.2 Å². The van der Waals surface area contributed by atoms with Crippen molar-refractivity contribution >= 4 is 24.8 Å². The fourth-order valence-electron chi connectivity index (χ4n) is 5.53. The van der Waals surface area contributed by atoms with Gasteiger partial charge < -0.3 is 19.2 Å². The number of carboxylic acid groups (broad SMARTS) is 1. The van der Waals surface area contributed by atoms with Gasteiger partial charge in [-0.15, -0.1) is 0 Å². The number of likely N-dealkylation sites (tertiary alicyclic amines) is 1. The van der Waals surface area contributed by atoms with Crippen LogP contribution in [0.5, 0.6) is 0 Å². The molecule has 178 valence electrons. The molecule has 1 aliphatic carbocycles. The van der Waals surface area contributed by atoms with Crippen molar-refractivity contribution in [3.8, 4) is 0 Å². The predicted octanol–water partition coefficient (Wildman–Crippen LogP) is 4.64. The number of ether oxygens (including phenoxy) is 1. The van der Waals surface area contributed by atoms with E-state index in [2.05, 4.69) is 76.2 Å². The third kappa shape index (κ3) is 4.74. The van der Waals surface area contributed by atoms with Crippen LogP contribution in [0, 0.1) is 0 Å². The van der Waals surface area contributed by atoms with E-state index < -0.39 is 14.4 Å². The molecule has 1 saturated heterocycles. The van der Waals surface area contributed by atoms with Gasteiger partial charge in [-0.05, 0) is 48.0 Å². The van der Waals surface area contributed by atoms with Gasteiger partial charge in [-0.1, -0.05) is 81.4 Å². The first kappa shape index (κ1) is 24.0. The Kier molecular flexibility index (Phi) is 6.72. The lowest BCUT2D eigenvalue weighted by Crippen LogP contribution is -2.67. The summed E-state index contributed by atoms with van der Waals surface area (Å²) in [6.07, 6.45) is 3.02. The molecule has 2 unspecified atom stereocenters. The van der Waals surface area contributed by atoms with E-state index in [1.54, 1.807) is 0 Å². The Bertz CT molecular complexity index is 900. The van der Waals surface area contributed by atoms with Crippen LogP contribution in [0.25, 0.3) is 0 Å². The molecule has 2 aliphatic rings. The highest BCUT2D eigenvalue weighted by Crippen LogP contribution is 2.39. The highest BCUT2D eigenvalue weighted by Gasteiger charge is 2.51. The molecule has 1 amide bonds. The molecule has 0 radical (unpaired) electrons. The van der Waals surface area contributed by atoms with Crippen LogP contribution in [0.15, 0.2) is 60.7 Å². The van der Waals surface area contributed by atoms with Crippen LogP contribution >= 0.6 is 0 Å². The molecule has 0 aromatic heterocycles. The zero-order chi connectivity index (χ0) is 23.7. The summed E-state index contributed by atoms with van der Waals surface area (Å²) in [7, 11) is -2.71. The first-order chi connectivity index (χ1) is 15.6. The lowest BCUT2D eigenvalue weighted by Gasteiger charge is -2.44. The van der Waals surface area contributed by atoms with Gasteiger partial charge in [-0.25, -0.2) is 4.79 Å². The normalized spacial score (nSPS) is 22.7. The number of hydrogen-bond acceptors (Lipinski definition) is 3. The second kappa shape index (κ2) is 9.24. The summed E-state index contributed by atoms with van der Waals surface area (Å²) >= 11 is 0. The van der Waals surface area contributed by atoms with E-state index in [4.69, 9.17) is 9.16 Å². The quantitative estimate of drug-likeness (QED) is 0.603. The van der Waals surface area contributed by atoms with Crippen molar-refractivity contribution in [1.29, 1.82) is 0 Å². The average Bonchev–Trinajstić information content (AvgIpc) is 3.16. The van der Waals surface area contributed by atoms with Crippen LogP contribution in [-0.2, 0) is 9.16 Å². The highest BCUT2D eigenvalue weighted by atomic mass is 28.4. The number of amides is 1. The van der Waals surface area contributed by atoms with Crippen molar-refractivity contribution in [2.24, 2.45) is 0 Å². The van der Waals surface area contributed by atoms with Gasteiger partial charge in [0.25, 0.3) is 8.32 Å². The van der Waals surface area contributed by atoms with Crippen molar-refractivity contribution < 1.29 is 19.1 Å². The summed E-state index contributed by atoms with van der Waals surface area (Å²) in [4.78, 5) is 13.6. The molecule has 1 heterocycles. The maximum absolute atomic E-state index is 12.1. The van der Waals surface area contributed by atoms with E-state index >= 15 is 0 Å². The van der Waals surface area contributed by atoms with Gasteiger partial charge in [0.1, 0.15) is 0 Å². The van der Waals surface area contributed by atoms with Crippen LogP contribution in [-0.4, -0.2) is 55.3 Å². The van der Waals surface area contributed by atoms with Crippen LogP contribution in [0.2, 0.25) is 5.04 Å². The second-order valence-corrected chi connectivity index (χ2v) is 15.1. The Labute approximate surface area is 198 Å². The lowest BCUT2D eigenvalue weighted by atomic mass is 9.81. The second-order valence-electron chi connectivity index (χ2n) is 10.8. The Morgan fingerprint density at radius 1 is 1.06 bits per heavy atom. The van der Waals surface area contributed by atoms with Crippen molar-refractivity contribution in [3.63, 3.8) is 0 Å². The molecule has 2 fully saturated rings. The van der Waals surface area contributed by atoms with Crippen molar-refractivity contribution in [2.45, 2.75) is 76.2 Å². The van der Waals surface area contributed by atoms with Crippen LogP contribution in [0.4, 0.5) is 4.79 Å². The molecule has 6 heteroatoms. The van der Waals surface area contributed by atoms with Gasteiger partial charge >= 0.3 is 6.09 Å². The number of benzene rings is 2. The van der Waals surface area contributed by atoms with E-state index in [0.29, 0.717) is 19.6 Å². The van der Waals surface area contributed by atoms with E-state index in [1.165, 1.54) is 21.7 Å². The zero-order valence-electron chi connectivity index (χ0n) is 20.3. The minimum atomic E-state index is -2.71. The third-order valence-electron chi connectivity index (χ3n) is 7.39. The Morgan fingerprint density at radius 3 is 2.03 bits per heavy atom. The SMILES string of the molecule is CC1(OC2CC(CO[Si](c3ccccc3)(c3ccccc3)C(C)(C)C)N(C(=O)O)C2)CCC1. The number of hydrogen-bond donors (Lipinski definition) is 1. The largest absolute Gasteiger partial charge is 0.465 e. The standard InChI is InChI=1S/C27H37NO4Si/c1-26(2,3)33(23-12-7-5-8-13-23,24-14-9-6-10-15-24)31-20-21-18-22(19-28(21)25(29)30)32-27(4)16-11-17-27/h5-10,12-15,21-22H,11,16-20H2,1-4H3,(H,29,30). The molecule has 1 N–H and O–H groups in total. The minimum Gasteiger partial charge on any atom is -0.465 e. The fraction of sp³-hybridized carbons (Fsp3) is 0.519. The van der Waals surface area contributed by atoms with Crippen molar-refractivity contribution in [3.05, 3.63) is 60.7 Å². The monoisotopic (exact) mass is 467 g/mol. The van der Waals surface area contributed by atoms with Gasteiger partial charge in [0.05, 0.1) is 30.9 Å². The average molecular weight is 468 g/mol. The molecule has 0 bridgehead atoms. The van der Waals surface area contributed by atoms with E-state index in [0.717, 1.165) is 12.8 Å². The van der Waals surface area contributed by atoms with Gasteiger partial charge in [-0.3, -0.25) is 0 Å². The summed E-state index contributed by atoms with van der Waals surface area (Å²) in [5.41, 5.74) is -0.0947. The van der Waals surface area contributed by atoms with Crippen LogP contribution in [0.1, 0.15) is 53.4 Å². The fourth-order valence-corrected chi connectivity index (χ4v) is 10.1. The molecule has 2 aromatic carbocycles. The zero-order valence-corrected chi connectivity index (χ0v) is 21.3. The number of rotatable bonds is 7. The highest BCUT2D eigenvalue weighted by molar-refractivity contribution is 6.99. The molecule has 1 aliphatic heterocycles. The van der Waals surface area contributed by atoms with Crippen LogP contribution < -0.4 is 10.4 Å². The van der Waals surface area contributed by atoms with Gasteiger partial charge in [0.15, 0.2) is 0 Å². The Morgan fingerprint density at radius 2 is 1.61 bits per heavy atom. The smallest absolute Gasteiger partial charge is 0.407 e. The molecule has 0 spiro atoms. The Balaban J connectivity index is 1.63. The molecule has 2 aromatic rings. The first-order valence-corrected chi connectivity index (χ1v) is 14.0. The molecule has 2 atom stereocenters. The molecule has 1 saturated carbocycles. The third-order valence-corrected chi connectivity index (χ3v) is 12.4. The van der Waals surface area contributed by atoms with Gasteiger partial charge in [0.2, 0.25) is 0 Å². The Hall–Kier alpha value is -2.15. The maximum atomic E-state index is 12.1. The topological polar surface area (TPSA) is 59.0 Å². The van der Waals surface area contributed by atoms with E-state index in [-0.39, 0.29) is 22.8 Å². The van der Waals surface area contributed by atoms with Crippen LogP contribution in [0.3, 0.4) is 0 Å². The van der Waals surface area contributed by atoms with E-state index in [1.807, 2.05) is 12.1 Å². The van der Waals surface area contributed by atoms with E-state index in [9.17, 15) is 9.90 Å². The number of nitrogens with zero attached hydrogens (tertiary/aromatic N) is 1. The number of carbonyl (C=O) groups is 1. The molecule has 33 heavy (non-hydrogen) atoms. The summed E-state index contributed by atoms with van der Waals surface area (Å²) < 4.78 is 13.4. The molecule has 5 nitrogen and oxygen atoms in total. The minimum absolute atomic E-state index is 0.0702. The summed E-state index contributed by atoms with van der Waals surface area (Å²) in [6.45, 7) is 9.66. The molecule has 4 rings (SSSR count). The summed E-state index contributed by atoms with van der Waals surface area (Å²) in [5, 5.41) is 12.2. The summed E-state index contributed by atoms with van der Waals surface area (Å²) in [6, 6.07) is 20.8. The molecular formula is C27H37NO4Si. The summed E-state index contributed by atoms with van der Waals surface area (Å²) in [5.74, 6) is 0. The maximum Gasteiger partial charge on any atom is 0.407 e. The van der Waals surface area contributed by atoms with Gasteiger partial charge in [-0.2, -0.15) is 0 Å². The predicted molar refractivity (Wildman–Crippen MR) is 134 cm³/mol. The van der Waals surface area contributed by atoms with Gasteiger partial charge in [0, 0.05) is 0 Å². The lowest BCUT2D eigenvalue weighted by molar-refractivity contribution is -0.122. The first-order valence-electron chi connectivity index (χ1n) is 12.1.